The highest BCUT2D eigenvalue weighted by Gasteiger charge is 2.29. The molecule has 33 heavy (non-hydrogen) atoms. The molecule has 3 aromatic rings. The van der Waals surface area contributed by atoms with E-state index in [2.05, 4.69) is 5.32 Å². The van der Waals surface area contributed by atoms with Gasteiger partial charge < -0.3 is 16.0 Å². The average molecular weight is 486 g/mol. The molecule has 4 rings (SSSR count). The smallest absolute Gasteiger partial charge is 0.265 e. The Kier molecular flexibility index (Phi) is 7.42. The molecular formula is C25H25ClFN3O2S. The molecule has 0 bridgehead atoms. The Balaban J connectivity index is 1.59. The van der Waals surface area contributed by atoms with Gasteiger partial charge in [0, 0.05) is 34.9 Å². The van der Waals surface area contributed by atoms with Gasteiger partial charge in [0.05, 0.1) is 4.88 Å². The van der Waals surface area contributed by atoms with Crippen LogP contribution in [-0.4, -0.2) is 28.8 Å². The number of hydrogen-bond donors (Lipinski definition) is 2. The molecule has 5 nitrogen and oxygen atoms in total. The predicted octanol–water partition coefficient (Wildman–Crippen LogP) is 5.71. The van der Waals surface area contributed by atoms with Crippen LogP contribution in [0.2, 0.25) is 5.02 Å². The van der Waals surface area contributed by atoms with E-state index >= 15 is 0 Å². The summed E-state index contributed by atoms with van der Waals surface area (Å²) in [7, 11) is 0. The van der Waals surface area contributed by atoms with Crippen LogP contribution in [0.5, 0.6) is 0 Å². The summed E-state index contributed by atoms with van der Waals surface area (Å²) in [4.78, 5) is 28.2. The van der Waals surface area contributed by atoms with Gasteiger partial charge in [-0.1, -0.05) is 23.7 Å². The molecule has 2 amide bonds. The van der Waals surface area contributed by atoms with Gasteiger partial charge in [-0.05, 0) is 79.1 Å². The number of halogens is 2. The van der Waals surface area contributed by atoms with Gasteiger partial charge in [0.1, 0.15) is 5.82 Å². The molecule has 1 saturated carbocycles. The topological polar surface area (TPSA) is 75.4 Å². The van der Waals surface area contributed by atoms with Crippen molar-refractivity contribution in [1.29, 1.82) is 0 Å². The molecule has 0 unspecified atom stereocenters. The van der Waals surface area contributed by atoms with E-state index in [1.807, 2.05) is 11.4 Å². The van der Waals surface area contributed by atoms with Crippen molar-refractivity contribution in [2.45, 2.75) is 44.3 Å². The lowest BCUT2D eigenvalue weighted by Crippen LogP contribution is -2.44. The van der Waals surface area contributed by atoms with Crippen LogP contribution >= 0.6 is 22.9 Å². The normalized spacial score (nSPS) is 18.0. The second kappa shape index (κ2) is 10.5. The molecule has 8 heteroatoms. The number of hydrogen-bond acceptors (Lipinski definition) is 4. The van der Waals surface area contributed by atoms with Crippen LogP contribution in [0.3, 0.4) is 0 Å². The molecule has 1 aromatic heterocycles. The first-order valence-electron chi connectivity index (χ1n) is 10.9. The van der Waals surface area contributed by atoms with E-state index in [9.17, 15) is 14.0 Å². The summed E-state index contributed by atoms with van der Waals surface area (Å²) in [5.74, 6) is -0.908. The van der Waals surface area contributed by atoms with E-state index < -0.39 is 5.82 Å². The second-order valence-electron chi connectivity index (χ2n) is 8.25. The van der Waals surface area contributed by atoms with E-state index in [0.29, 0.717) is 26.7 Å². The third-order valence-electron chi connectivity index (χ3n) is 5.90. The van der Waals surface area contributed by atoms with E-state index in [1.165, 1.54) is 29.5 Å². The fourth-order valence-electron chi connectivity index (χ4n) is 4.12. The van der Waals surface area contributed by atoms with E-state index in [4.69, 9.17) is 17.3 Å². The number of anilines is 1. The van der Waals surface area contributed by atoms with Gasteiger partial charge in [-0.15, -0.1) is 11.3 Å². The Morgan fingerprint density at radius 3 is 2.58 bits per heavy atom. The molecule has 0 atom stereocenters. The summed E-state index contributed by atoms with van der Waals surface area (Å²) in [6.07, 6.45) is 3.19. The van der Waals surface area contributed by atoms with Crippen molar-refractivity contribution in [1.82, 2.24) is 4.90 Å². The van der Waals surface area contributed by atoms with Crippen molar-refractivity contribution in [3.05, 3.63) is 86.8 Å². The van der Waals surface area contributed by atoms with Crippen LogP contribution in [0.25, 0.3) is 0 Å². The Labute approximate surface area is 201 Å². The van der Waals surface area contributed by atoms with Crippen LogP contribution in [0, 0.1) is 5.82 Å². The van der Waals surface area contributed by atoms with Crippen molar-refractivity contribution in [3.63, 3.8) is 0 Å². The monoisotopic (exact) mass is 485 g/mol. The molecule has 172 valence electrons. The maximum absolute atomic E-state index is 13.8. The summed E-state index contributed by atoms with van der Waals surface area (Å²) in [5, 5.41) is 5.22. The minimum absolute atomic E-state index is 0.0269. The molecule has 0 radical (unpaired) electrons. The predicted molar refractivity (Wildman–Crippen MR) is 130 cm³/mol. The zero-order valence-corrected chi connectivity index (χ0v) is 19.5. The van der Waals surface area contributed by atoms with Gasteiger partial charge in [-0.3, -0.25) is 9.59 Å². The first-order chi connectivity index (χ1) is 15.9. The highest BCUT2D eigenvalue weighted by atomic mass is 35.5. The Morgan fingerprint density at radius 1 is 1.09 bits per heavy atom. The summed E-state index contributed by atoms with van der Waals surface area (Å²) >= 11 is 7.84. The van der Waals surface area contributed by atoms with Crippen LogP contribution in [0.1, 0.15) is 51.3 Å². The van der Waals surface area contributed by atoms with Crippen LogP contribution in [-0.2, 0) is 6.54 Å². The zero-order chi connectivity index (χ0) is 23.4. The first kappa shape index (κ1) is 23.4. The fraction of sp³-hybridized carbons (Fsp3) is 0.280. The SMILES string of the molecule is NC1CCC(N(Cc2cc(NC(=O)c3cccs3)ccc2Cl)C(=O)c2cccc(F)c2)CC1. The molecule has 0 saturated heterocycles. The lowest BCUT2D eigenvalue weighted by atomic mass is 9.90. The Morgan fingerprint density at radius 2 is 1.88 bits per heavy atom. The van der Waals surface area contributed by atoms with Gasteiger partial charge in [0.25, 0.3) is 11.8 Å². The summed E-state index contributed by atoms with van der Waals surface area (Å²) in [6, 6.07) is 14.6. The number of thiophene rings is 1. The summed E-state index contributed by atoms with van der Waals surface area (Å²) in [6.45, 7) is 0.247. The number of amides is 2. The fourth-order valence-corrected chi connectivity index (χ4v) is 4.92. The standard InChI is InChI=1S/C25H25ClFN3O2S/c26-22-11-8-20(29-24(31)23-5-2-12-33-23)14-17(22)15-30(21-9-6-19(28)7-10-21)25(32)16-3-1-4-18(27)13-16/h1-5,8,11-14,19,21H,6-7,9-10,15,28H2,(H,29,31). The van der Waals surface area contributed by atoms with E-state index in [0.717, 1.165) is 25.7 Å². The summed E-state index contributed by atoms with van der Waals surface area (Å²) in [5.41, 5.74) is 7.67. The minimum Gasteiger partial charge on any atom is -0.331 e. The number of benzene rings is 2. The minimum atomic E-state index is -0.456. The quantitative estimate of drug-likeness (QED) is 0.470. The molecule has 3 N–H and O–H groups in total. The number of nitrogens with zero attached hydrogens (tertiary/aromatic N) is 1. The third kappa shape index (κ3) is 5.79. The molecular weight excluding hydrogens is 461 g/mol. The number of nitrogens with one attached hydrogen (secondary N) is 1. The van der Waals surface area contributed by atoms with Crippen LogP contribution in [0.4, 0.5) is 10.1 Å². The van der Waals surface area contributed by atoms with E-state index in [-0.39, 0.29) is 30.4 Å². The lowest BCUT2D eigenvalue weighted by Gasteiger charge is -2.36. The highest BCUT2D eigenvalue weighted by molar-refractivity contribution is 7.12. The van der Waals surface area contributed by atoms with E-state index in [1.54, 1.807) is 35.2 Å². The molecule has 1 aliphatic rings. The average Bonchev–Trinajstić information content (AvgIpc) is 3.35. The van der Waals surface area contributed by atoms with Crippen molar-refractivity contribution in [3.8, 4) is 0 Å². The number of carbonyl (C=O) groups is 2. The van der Waals surface area contributed by atoms with Crippen molar-refractivity contribution >= 4 is 40.4 Å². The molecule has 1 aliphatic carbocycles. The van der Waals surface area contributed by atoms with Crippen LogP contribution in [0.15, 0.2) is 60.0 Å². The largest absolute Gasteiger partial charge is 0.331 e. The van der Waals surface area contributed by atoms with Crippen molar-refractivity contribution < 1.29 is 14.0 Å². The van der Waals surface area contributed by atoms with Crippen molar-refractivity contribution in [2.75, 3.05) is 5.32 Å². The molecule has 1 fully saturated rings. The van der Waals surface area contributed by atoms with Gasteiger partial charge in [-0.25, -0.2) is 4.39 Å². The maximum Gasteiger partial charge on any atom is 0.265 e. The van der Waals surface area contributed by atoms with Gasteiger partial charge in [-0.2, -0.15) is 0 Å². The third-order valence-corrected chi connectivity index (χ3v) is 7.14. The van der Waals surface area contributed by atoms with Crippen LogP contribution < -0.4 is 11.1 Å². The Bertz CT molecular complexity index is 1130. The number of carbonyl (C=O) groups excluding carboxylic acids is 2. The first-order valence-corrected chi connectivity index (χ1v) is 12.1. The molecule has 2 aromatic carbocycles. The van der Waals surface area contributed by atoms with Gasteiger partial charge >= 0.3 is 0 Å². The summed E-state index contributed by atoms with van der Waals surface area (Å²) < 4.78 is 13.8. The lowest BCUT2D eigenvalue weighted by molar-refractivity contribution is 0.0606. The molecule has 1 heterocycles. The highest BCUT2D eigenvalue weighted by Crippen LogP contribution is 2.29. The number of nitrogens with two attached hydrogens (primary N) is 1. The van der Waals surface area contributed by atoms with Crippen molar-refractivity contribution in [2.24, 2.45) is 5.73 Å². The molecule has 0 spiro atoms. The number of rotatable bonds is 6. The van der Waals surface area contributed by atoms with Gasteiger partial charge in [0.2, 0.25) is 0 Å². The molecule has 0 aliphatic heterocycles. The van der Waals surface area contributed by atoms with Gasteiger partial charge in [0.15, 0.2) is 0 Å². The maximum atomic E-state index is 13.8. The second-order valence-corrected chi connectivity index (χ2v) is 9.60. The Hall–Kier alpha value is -2.74. The zero-order valence-electron chi connectivity index (χ0n) is 18.0.